The van der Waals surface area contributed by atoms with Gasteiger partial charge < -0.3 is 9.88 Å². The smallest absolute Gasteiger partial charge is 0.274 e. The first-order valence-corrected chi connectivity index (χ1v) is 8.01. The first-order valence-electron chi connectivity index (χ1n) is 8.01. The Bertz CT molecular complexity index is 968. The molecule has 1 aromatic carbocycles. The van der Waals surface area contributed by atoms with Gasteiger partial charge in [0.2, 0.25) is 0 Å². The van der Waals surface area contributed by atoms with Crippen molar-refractivity contribution in [2.75, 3.05) is 5.32 Å². The Morgan fingerprint density at radius 2 is 1.88 bits per heavy atom. The zero-order chi connectivity index (χ0) is 18.0. The van der Waals surface area contributed by atoms with Crippen LogP contribution in [0.4, 0.5) is 5.69 Å². The van der Waals surface area contributed by atoms with E-state index in [9.17, 15) is 9.59 Å². The summed E-state index contributed by atoms with van der Waals surface area (Å²) in [5, 5.41) is 6.83. The lowest BCUT2D eigenvalue weighted by Gasteiger charge is -2.10. The molecule has 2 heterocycles. The molecule has 2 aromatic heterocycles. The fraction of sp³-hybridized carbons (Fsp3) is 0.211. The predicted molar refractivity (Wildman–Crippen MR) is 96.9 cm³/mol. The number of hydrogen-bond donors (Lipinski definition) is 1. The Morgan fingerprint density at radius 1 is 1.16 bits per heavy atom. The zero-order valence-corrected chi connectivity index (χ0v) is 14.5. The van der Waals surface area contributed by atoms with Gasteiger partial charge in [-0.15, -0.1) is 0 Å². The number of carbonyl (C=O) groups excluding carboxylic acids is 1. The number of aromatic nitrogens is 3. The van der Waals surface area contributed by atoms with Crippen LogP contribution in [0.5, 0.6) is 0 Å². The van der Waals surface area contributed by atoms with Gasteiger partial charge in [0.1, 0.15) is 11.4 Å². The number of carbonyl (C=O) groups is 1. The number of benzene rings is 1. The molecule has 0 aliphatic rings. The van der Waals surface area contributed by atoms with E-state index in [2.05, 4.69) is 10.4 Å². The molecule has 0 saturated carbocycles. The van der Waals surface area contributed by atoms with Gasteiger partial charge in [0.25, 0.3) is 11.5 Å². The van der Waals surface area contributed by atoms with E-state index in [1.807, 2.05) is 38.1 Å². The third kappa shape index (κ3) is 3.68. The van der Waals surface area contributed by atoms with Crippen molar-refractivity contribution in [3.63, 3.8) is 0 Å². The lowest BCUT2D eigenvalue weighted by molar-refractivity contribution is 0.101. The summed E-state index contributed by atoms with van der Waals surface area (Å²) >= 11 is 0. The molecule has 1 amide bonds. The molecule has 6 heteroatoms. The third-order valence-electron chi connectivity index (χ3n) is 3.98. The summed E-state index contributed by atoms with van der Waals surface area (Å²) in [5.41, 5.74) is 3.36. The molecule has 3 aromatic rings. The van der Waals surface area contributed by atoms with E-state index in [4.69, 9.17) is 0 Å². The van der Waals surface area contributed by atoms with Gasteiger partial charge in [0.15, 0.2) is 0 Å². The Kier molecular flexibility index (Phi) is 4.52. The predicted octanol–water partition coefficient (Wildman–Crippen LogP) is 2.50. The van der Waals surface area contributed by atoms with Crippen LogP contribution < -0.4 is 10.9 Å². The maximum Gasteiger partial charge on any atom is 0.274 e. The Balaban J connectivity index is 1.83. The first kappa shape index (κ1) is 16.7. The second-order valence-electron chi connectivity index (χ2n) is 6.09. The molecular formula is C19H20N4O2. The van der Waals surface area contributed by atoms with Gasteiger partial charge in [-0.2, -0.15) is 5.10 Å². The van der Waals surface area contributed by atoms with Crippen molar-refractivity contribution in [2.24, 2.45) is 7.05 Å². The van der Waals surface area contributed by atoms with E-state index in [0.29, 0.717) is 12.2 Å². The average molecular weight is 336 g/mol. The molecule has 0 unspecified atom stereocenters. The summed E-state index contributed by atoms with van der Waals surface area (Å²) in [6.45, 7) is 4.29. The van der Waals surface area contributed by atoms with E-state index in [-0.39, 0.29) is 17.2 Å². The molecule has 0 spiro atoms. The molecule has 0 fully saturated rings. The summed E-state index contributed by atoms with van der Waals surface area (Å²) in [4.78, 5) is 25.0. The minimum absolute atomic E-state index is 0.240. The van der Waals surface area contributed by atoms with Crippen LogP contribution in [0.15, 0.2) is 53.5 Å². The molecular weight excluding hydrogens is 316 g/mol. The monoisotopic (exact) mass is 336 g/mol. The topological polar surface area (TPSA) is 68.9 Å². The lowest BCUT2D eigenvalue weighted by atomic mass is 10.1. The number of aryl methyl sites for hydroxylation is 3. The van der Waals surface area contributed by atoms with Crippen molar-refractivity contribution in [1.29, 1.82) is 0 Å². The maximum absolute atomic E-state index is 12.6. The second kappa shape index (κ2) is 6.76. The highest BCUT2D eigenvalue weighted by Gasteiger charge is 2.14. The Labute approximate surface area is 145 Å². The Morgan fingerprint density at radius 3 is 2.52 bits per heavy atom. The molecule has 0 saturated heterocycles. The zero-order valence-electron chi connectivity index (χ0n) is 14.5. The molecule has 6 nitrogen and oxygen atoms in total. The van der Waals surface area contributed by atoms with Gasteiger partial charge in [-0.25, -0.2) is 0 Å². The fourth-order valence-corrected chi connectivity index (χ4v) is 2.66. The molecule has 0 radical (unpaired) electrons. The molecule has 0 aliphatic carbocycles. The fourth-order valence-electron chi connectivity index (χ4n) is 2.66. The molecule has 0 atom stereocenters. The van der Waals surface area contributed by atoms with Crippen molar-refractivity contribution >= 4 is 11.6 Å². The summed E-state index contributed by atoms with van der Waals surface area (Å²) in [6.07, 6.45) is 1.71. The van der Waals surface area contributed by atoms with Crippen molar-refractivity contribution < 1.29 is 4.79 Å². The third-order valence-corrected chi connectivity index (χ3v) is 3.98. The van der Waals surface area contributed by atoms with Crippen LogP contribution in [0.1, 0.15) is 27.3 Å². The van der Waals surface area contributed by atoms with E-state index in [1.165, 1.54) is 10.2 Å². The summed E-state index contributed by atoms with van der Waals surface area (Å²) in [7, 11) is 1.70. The van der Waals surface area contributed by atoms with Crippen molar-refractivity contribution in [2.45, 2.75) is 20.4 Å². The van der Waals surface area contributed by atoms with Crippen molar-refractivity contribution in [3.05, 3.63) is 81.5 Å². The van der Waals surface area contributed by atoms with Crippen LogP contribution in [-0.4, -0.2) is 20.3 Å². The number of nitrogens with one attached hydrogen (secondary N) is 1. The molecule has 3 rings (SSSR count). The van der Waals surface area contributed by atoms with Crippen LogP contribution >= 0.6 is 0 Å². The van der Waals surface area contributed by atoms with Crippen molar-refractivity contribution in [3.8, 4) is 0 Å². The van der Waals surface area contributed by atoms with Crippen LogP contribution in [0.3, 0.4) is 0 Å². The van der Waals surface area contributed by atoms with E-state index < -0.39 is 0 Å². The minimum Gasteiger partial charge on any atom is -0.316 e. The lowest BCUT2D eigenvalue weighted by Crippen LogP contribution is -2.26. The highest BCUT2D eigenvalue weighted by Crippen LogP contribution is 2.08. The normalized spacial score (nSPS) is 10.7. The number of anilines is 1. The van der Waals surface area contributed by atoms with Crippen LogP contribution in [0.25, 0.3) is 0 Å². The van der Waals surface area contributed by atoms with E-state index in [0.717, 1.165) is 11.3 Å². The number of rotatable bonds is 4. The van der Waals surface area contributed by atoms with E-state index in [1.54, 1.807) is 36.0 Å². The van der Waals surface area contributed by atoms with Gasteiger partial charge in [0.05, 0.1) is 12.2 Å². The quantitative estimate of drug-likeness (QED) is 0.796. The van der Waals surface area contributed by atoms with Gasteiger partial charge >= 0.3 is 0 Å². The number of hydrogen-bond acceptors (Lipinski definition) is 3. The average Bonchev–Trinajstić information content (AvgIpc) is 2.92. The molecule has 1 N–H and O–H groups in total. The summed E-state index contributed by atoms with van der Waals surface area (Å²) in [6, 6.07) is 13.0. The van der Waals surface area contributed by atoms with Gasteiger partial charge in [0, 0.05) is 13.2 Å². The maximum atomic E-state index is 12.6. The first-order chi connectivity index (χ1) is 11.9. The van der Waals surface area contributed by atoms with Gasteiger partial charge in [-0.3, -0.25) is 14.3 Å². The molecule has 128 valence electrons. The highest BCUT2D eigenvalue weighted by molar-refractivity contribution is 6.03. The van der Waals surface area contributed by atoms with Crippen LogP contribution in [-0.2, 0) is 13.6 Å². The van der Waals surface area contributed by atoms with Crippen molar-refractivity contribution in [1.82, 2.24) is 14.3 Å². The van der Waals surface area contributed by atoms with Gasteiger partial charge in [-0.1, -0.05) is 29.8 Å². The largest absolute Gasteiger partial charge is 0.316 e. The summed E-state index contributed by atoms with van der Waals surface area (Å²) < 4.78 is 3.08. The molecule has 25 heavy (non-hydrogen) atoms. The second-order valence-corrected chi connectivity index (χ2v) is 6.09. The minimum atomic E-state index is -0.353. The van der Waals surface area contributed by atoms with Crippen LogP contribution in [0, 0.1) is 13.8 Å². The van der Waals surface area contributed by atoms with E-state index >= 15 is 0 Å². The SMILES string of the molecule is Cc1ccc(Cn2cccc(NC(=O)c3cc(C)nn3C)c2=O)cc1. The summed E-state index contributed by atoms with van der Waals surface area (Å²) in [5.74, 6) is -0.353. The highest BCUT2D eigenvalue weighted by atomic mass is 16.2. The van der Waals surface area contributed by atoms with Gasteiger partial charge in [-0.05, 0) is 37.6 Å². The number of amides is 1. The Hall–Kier alpha value is -3.15. The standard InChI is InChI=1S/C19H20N4O2/c1-13-6-8-15(9-7-13)12-23-10-4-5-16(19(23)25)20-18(24)17-11-14(2)21-22(17)3/h4-11H,12H2,1-3H3,(H,20,24). The molecule has 0 bridgehead atoms. The number of nitrogens with zero attached hydrogens (tertiary/aromatic N) is 3. The van der Waals surface area contributed by atoms with Crippen LogP contribution in [0.2, 0.25) is 0 Å². The molecule has 0 aliphatic heterocycles. The number of pyridine rings is 1.